The van der Waals surface area contributed by atoms with Crippen LogP contribution >= 0.6 is 12.2 Å². The highest BCUT2D eigenvalue weighted by Crippen LogP contribution is 2.23. The summed E-state index contributed by atoms with van der Waals surface area (Å²) in [6.07, 6.45) is 3.75. The Bertz CT molecular complexity index is 1170. The fourth-order valence-electron chi connectivity index (χ4n) is 3.34. The lowest BCUT2D eigenvalue weighted by molar-refractivity contribution is -0.576. The standard InChI is InChI=1S/C27H22N2OS/c30-26(24-16-14-23(15-17-24)22-12-6-2-7-13-22)25(29-18-8-3-9-19-29)27(31)28-20-21-10-4-1-5-11-21/h1-19H,20H2,(H-,28,30,31)/p+1. The first-order chi connectivity index (χ1) is 15.2. The van der Waals surface area contributed by atoms with E-state index in [1.165, 1.54) is 0 Å². The molecule has 2 N–H and O–H groups in total. The minimum absolute atomic E-state index is 0.126. The summed E-state index contributed by atoms with van der Waals surface area (Å²) in [5, 5.41) is 14.5. The number of nitrogens with one attached hydrogen (secondary N) is 1. The number of pyridine rings is 1. The van der Waals surface area contributed by atoms with Gasteiger partial charge in [-0.3, -0.25) is 0 Å². The van der Waals surface area contributed by atoms with Gasteiger partial charge in [0.05, 0.1) is 0 Å². The van der Waals surface area contributed by atoms with Gasteiger partial charge in [-0.1, -0.05) is 103 Å². The average Bonchev–Trinajstić information content (AvgIpc) is 2.85. The van der Waals surface area contributed by atoms with E-state index in [1.54, 1.807) is 0 Å². The van der Waals surface area contributed by atoms with Crippen molar-refractivity contribution in [3.8, 4) is 11.1 Å². The third-order valence-corrected chi connectivity index (χ3v) is 5.31. The van der Waals surface area contributed by atoms with Crippen molar-refractivity contribution >= 4 is 28.7 Å². The highest BCUT2D eigenvalue weighted by Gasteiger charge is 2.23. The van der Waals surface area contributed by atoms with E-state index in [0.717, 1.165) is 16.7 Å². The van der Waals surface area contributed by atoms with Gasteiger partial charge in [0.15, 0.2) is 23.1 Å². The van der Waals surface area contributed by atoms with Gasteiger partial charge in [-0.2, -0.15) is 4.57 Å². The Balaban J connectivity index is 1.66. The summed E-state index contributed by atoms with van der Waals surface area (Å²) < 4.78 is 1.83. The highest BCUT2D eigenvalue weighted by atomic mass is 32.1. The molecular formula is C27H23N2OS+. The average molecular weight is 424 g/mol. The highest BCUT2D eigenvalue weighted by molar-refractivity contribution is 7.81. The maximum atomic E-state index is 11.2. The predicted octanol–water partition coefficient (Wildman–Crippen LogP) is 5.64. The second-order valence-corrected chi connectivity index (χ2v) is 7.50. The maximum Gasteiger partial charge on any atom is 0.287 e. The van der Waals surface area contributed by atoms with Gasteiger partial charge in [0.25, 0.3) is 5.70 Å². The van der Waals surface area contributed by atoms with Crippen LogP contribution in [0.15, 0.2) is 116 Å². The lowest BCUT2D eigenvalue weighted by atomic mass is 10.0. The van der Waals surface area contributed by atoms with Crippen LogP contribution in [0.1, 0.15) is 11.1 Å². The topological polar surface area (TPSA) is 36.1 Å². The van der Waals surface area contributed by atoms with Crippen LogP contribution in [0, 0.1) is 0 Å². The maximum absolute atomic E-state index is 11.2. The first kappa shape index (κ1) is 20.5. The van der Waals surface area contributed by atoms with Crippen molar-refractivity contribution in [2.45, 2.75) is 6.54 Å². The molecule has 4 aromatic rings. The van der Waals surface area contributed by atoms with Crippen LogP contribution in [0.3, 0.4) is 0 Å². The predicted molar refractivity (Wildman–Crippen MR) is 130 cm³/mol. The monoisotopic (exact) mass is 423 g/mol. The van der Waals surface area contributed by atoms with Crippen molar-refractivity contribution in [3.05, 3.63) is 127 Å². The minimum Gasteiger partial charge on any atom is -0.502 e. The number of nitrogens with zero attached hydrogens (tertiary/aromatic N) is 1. The van der Waals surface area contributed by atoms with Crippen LogP contribution < -0.4 is 9.88 Å². The third-order valence-electron chi connectivity index (χ3n) is 4.97. The quantitative estimate of drug-likeness (QED) is 0.182. The number of benzene rings is 3. The molecule has 0 aliphatic rings. The number of aliphatic hydroxyl groups excluding tert-OH is 1. The van der Waals surface area contributed by atoms with Gasteiger partial charge in [0.2, 0.25) is 0 Å². The van der Waals surface area contributed by atoms with E-state index in [-0.39, 0.29) is 5.76 Å². The second kappa shape index (κ2) is 9.83. The van der Waals surface area contributed by atoms with Crippen LogP contribution in [0.4, 0.5) is 0 Å². The summed E-state index contributed by atoms with van der Waals surface area (Å²) in [6, 6.07) is 33.8. The molecule has 0 saturated carbocycles. The second-order valence-electron chi connectivity index (χ2n) is 7.09. The summed E-state index contributed by atoms with van der Waals surface area (Å²) in [5.41, 5.74) is 4.59. The number of rotatable bonds is 6. The molecule has 152 valence electrons. The van der Waals surface area contributed by atoms with Crippen molar-refractivity contribution < 1.29 is 9.67 Å². The van der Waals surface area contributed by atoms with E-state index >= 15 is 0 Å². The number of aromatic nitrogens is 1. The molecule has 0 amide bonds. The molecule has 4 heteroatoms. The Kier molecular flexibility index (Phi) is 6.50. The van der Waals surface area contributed by atoms with Gasteiger partial charge < -0.3 is 10.4 Å². The van der Waals surface area contributed by atoms with Crippen molar-refractivity contribution in [2.75, 3.05) is 0 Å². The fourth-order valence-corrected chi connectivity index (χ4v) is 3.62. The zero-order valence-corrected chi connectivity index (χ0v) is 17.8. The molecule has 0 unspecified atom stereocenters. The number of thiocarbonyl (C=S) groups is 1. The number of hydrogen-bond acceptors (Lipinski definition) is 2. The van der Waals surface area contributed by atoms with Gasteiger partial charge >= 0.3 is 0 Å². The van der Waals surface area contributed by atoms with Crippen LogP contribution in [0.25, 0.3) is 22.6 Å². The fraction of sp³-hybridized carbons (Fsp3) is 0.0370. The molecule has 4 rings (SSSR count). The minimum atomic E-state index is 0.126. The molecular weight excluding hydrogens is 400 g/mol. The Hall–Kier alpha value is -3.76. The van der Waals surface area contributed by atoms with E-state index in [4.69, 9.17) is 12.2 Å². The summed E-state index contributed by atoms with van der Waals surface area (Å²) in [6.45, 7) is 0.580. The molecule has 0 radical (unpaired) electrons. The summed E-state index contributed by atoms with van der Waals surface area (Å²) in [7, 11) is 0. The van der Waals surface area contributed by atoms with Crippen molar-refractivity contribution in [3.63, 3.8) is 0 Å². The Morgan fingerprint density at radius 2 is 1.26 bits per heavy atom. The molecule has 0 bridgehead atoms. The molecule has 0 aliphatic carbocycles. The molecule has 0 saturated heterocycles. The normalized spacial score (nSPS) is 11.5. The zero-order valence-electron chi connectivity index (χ0n) is 17.0. The Morgan fingerprint density at radius 3 is 1.90 bits per heavy atom. The van der Waals surface area contributed by atoms with E-state index in [0.29, 0.717) is 22.8 Å². The molecule has 1 heterocycles. The van der Waals surface area contributed by atoms with Gasteiger partial charge in [0, 0.05) is 24.2 Å². The van der Waals surface area contributed by atoms with E-state index in [1.807, 2.05) is 108 Å². The SMILES string of the molecule is O/C(=C(/C(=S)NCc1ccccc1)[n+]1ccccc1)c1ccc(-c2ccccc2)cc1. The summed E-state index contributed by atoms with van der Waals surface area (Å²) >= 11 is 5.69. The van der Waals surface area contributed by atoms with Gasteiger partial charge in [0.1, 0.15) is 0 Å². The van der Waals surface area contributed by atoms with E-state index < -0.39 is 0 Å². The van der Waals surface area contributed by atoms with Crippen molar-refractivity contribution in [2.24, 2.45) is 0 Å². The van der Waals surface area contributed by atoms with Crippen LogP contribution in [-0.4, -0.2) is 10.1 Å². The zero-order chi connectivity index (χ0) is 21.5. The molecule has 31 heavy (non-hydrogen) atoms. The number of hydrogen-bond donors (Lipinski definition) is 2. The molecule has 3 aromatic carbocycles. The Morgan fingerprint density at radius 1 is 0.710 bits per heavy atom. The summed E-state index contributed by atoms with van der Waals surface area (Å²) in [4.78, 5) is 0.477. The van der Waals surface area contributed by atoms with Crippen LogP contribution in [0.5, 0.6) is 0 Å². The van der Waals surface area contributed by atoms with Crippen molar-refractivity contribution in [1.82, 2.24) is 5.32 Å². The molecule has 1 aromatic heterocycles. The first-order valence-electron chi connectivity index (χ1n) is 10.1. The van der Waals surface area contributed by atoms with Gasteiger partial charge in [-0.05, 0) is 16.7 Å². The lowest BCUT2D eigenvalue weighted by Crippen LogP contribution is -2.40. The van der Waals surface area contributed by atoms with Crippen LogP contribution in [-0.2, 0) is 6.54 Å². The lowest BCUT2D eigenvalue weighted by Gasteiger charge is -2.11. The molecule has 0 aliphatic heterocycles. The molecule has 0 atom stereocenters. The van der Waals surface area contributed by atoms with Gasteiger partial charge in [-0.15, -0.1) is 0 Å². The van der Waals surface area contributed by atoms with Crippen molar-refractivity contribution in [1.29, 1.82) is 0 Å². The first-order valence-corrected chi connectivity index (χ1v) is 10.5. The van der Waals surface area contributed by atoms with E-state index in [9.17, 15) is 5.11 Å². The number of aliphatic hydroxyl groups is 1. The van der Waals surface area contributed by atoms with Crippen LogP contribution in [0.2, 0.25) is 0 Å². The smallest absolute Gasteiger partial charge is 0.287 e. The van der Waals surface area contributed by atoms with Gasteiger partial charge in [-0.25, -0.2) is 0 Å². The van der Waals surface area contributed by atoms with E-state index in [2.05, 4.69) is 17.4 Å². The molecule has 3 nitrogen and oxygen atoms in total. The largest absolute Gasteiger partial charge is 0.502 e. The third kappa shape index (κ3) is 5.05. The molecule has 0 spiro atoms. The Labute approximate surface area is 188 Å². The summed E-state index contributed by atoms with van der Waals surface area (Å²) in [5.74, 6) is 0.126. The molecule has 0 fully saturated rings.